The first-order valence-electron chi connectivity index (χ1n) is 13.6. The smallest absolute Gasteiger partial charge is 0.365 e. The van der Waals surface area contributed by atoms with Gasteiger partial charge in [0.1, 0.15) is 5.52 Å². The van der Waals surface area contributed by atoms with Gasteiger partial charge in [0.2, 0.25) is 17.6 Å². The van der Waals surface area contributed by atoms with E-state index in [4.69, 9.17) is 19.5 Å². The molecule has 1 atom stereocenters. The van der Waals surface area contributed by atoms with Crippen LogP contribution in [0.25, 0.3) is 22.8 Å². The summed E-state index contributed by atoms with van der Waals surface area (Å²) in [5.74, 6) is 4.10. The largest absolute Gasteiger partial charge is 0.439 e. The van der Waals surface area contributed by atoms with Crippen LogP contribution in [0.1, 0.15) is 72.6 Å². The molecule has 0 saturated heterocycles. The molecule has 2 fully saturated rings. The number of hydrogen-bond donors (Lipinski definition) is 2. The zero-order valence-corrected chi connectivity index (χ0v) is 22.3. The lowest BCUT2D eigenvalue weighted by molar-refractivity contribution is 0.266. The summed E-state index contributed by atoms with van der Waals surface area (Å²) in [6.07, 6.45) is 8.75. The van der Waals surface area contributed by atoms with Crippen LogP contribution in [-0.4, -0.2) is 49.3 Å². The van der Waals surface area contributed by atoms with Gasteiger partial charge in [-0.2, -0.15) is 4.98 Å². The van der Waals surface area contributed by atoms with Gasteiger partial charge in [-0.05, 0) is 56.3 Å². The maximum atomic E-state index is 11.6. The second kappa shape index (κ2) is 10.2. The summed E-state index contributed by atoms with van der Waals surface area (Å²) in [6, 6.07) is 0.275. The van der Waals surface area contributed by atoms with Crippen molar-refractivity contribution in [1.82, 2.24) is 29.7 Å². The van der Waals surface area contributed by atoms with Gasteiger partial charge in [-0.15, -0.1) is 0 Å². The van der Waals surface area contributed by atoms with Crippen molar-refractivity contribution in [1.29, 1.82) is 0 Å². The third-order valence-electron chi connectivity index (χ3n) is 8.01. The van der Waals surface area contributed by atoms with E-state index in [-0.39, 0.29) is 11.9 Å². The van der Waals surface area contributed by atoms with Crippen molar-refractivity contribution in [2.45, 2.75) is 85.2 Å². The zero-order chi connectivity index (χ0) is 25.4. The Bertz CT molecular complexity index is 1230. The lowest BCUT2D eigenvalue weighted by atomic mass is 9.80. The molecule has 2 aliphatic carbocycles. The van der Waals surface area contributed by atoms with Crippen LogP contribution in [0.5, 0.6) is 0 Å². The zero-order valence-electron chi connectivity index (χ0n) is 22.3. The lowest BCUT2D eigenvalue weighted by Gasteiger charge is -2.32. The number of aromatic amines is 1. The Kier molecular flexibility index (Phi) is 7.03. The molecule has 2 saturated carbocycles. The van der Waals surface area contributed by atoms with Gasteiger partial charge in [-0.25, -0.2) is 14.8 Å². The third-order valence-corrected chi connectivity index (χ3v) is 8.01. The molecule has 2 aliphatic rings. The van der Waals surface area contributed by atoms with E-state index in [2.05, 4.69) is 59.7 Å². The van der Waals surface area contributed by atoms with Gasteiger partial charge in [-0.3, -0.25) is 9.51 Å². The monoisotopic (exact) mass is 496 g/mol. The van der Waals surface area contributed by atoms with E-state index >= 15 is 0 Å². The fourth-order valence-corrected chi connectivity index (χ4v) is 5.69. The summed E-state index contributed by atoms with van der Waals surface area (Å²) in [7, 11) is 2.11. The Labute approximate surface area is 212 Å². The number of imidazole rings is 1. The highest BCUT2D eigenvalue weighted by atomic mass is 16.5. The number of nitrogens with zero attached hydrogens (tertiary/aromatic N) is 6. The minimum absolute atomic E-state index is 0.217. The van der Waals surface area contributed by atoms with E-state index in [1.165, 1.54) is 44.9 Å². The normalized spacial score (nSPS) is 21.6. The lowest BCUT2D eigenvalue weighted by Crippen LogP contribution is -2.31. The molecule has 0 spiro atoms. The van der Waals surface area contributed by atoms with Crippen LogP contribution in [0.4, 0.5) is 11.8 Å². The van der Waals surface area contributed by atoms with Gasteiger partial charge in [0, 0.05) is 26.2 Å². The van der Waals surface area contributed by atoms with Crippen LogP contribution in [-0.2, 0) is 6.54 Å². The van der Waals surface area contributed by atoms with Gasteiger partial charge in [0.05, 0.1) is 0 Å². The highest BCUT2D eigenvalue weighted by molar-refractivity contribution is 5.87. The summed E-state index contributed by atoms with van der Waals surface area (Å²) < 4.78 is 7.08. The molecule has 0 radical (unpaired) electrons. The van der Waals surface area contributed by atoms with Crippen molar-refractivity contribution in [2.24, 2.45) is 23.7 Å². The summed E-state index contributed by atoms with van der Waals surface area (Å²) >= 11 is 0. The number of fused-ring (bicyclic) bond motifs is 1. The van der Waals surface area contributed by atoms with E-state index in [9.17, 15) is 4.79 Å². The van der Waals surface area contributed by atoms with Gasteiger partial charge in [0.15, 0.2) is 11.5 Å². The first-order valence-corrected chi connectivity index (χ1v) is 13.6. The Morgan fingerprint density at radius 1 is 1.11 bits per heavy atom. The number of aromatic nitrogens is 6. The van der Waals surface area contributed by atoms with Crippen molar-refractivity contribution in [3.8, 4) is 11.6 Å². The van der Waals surface area contributed by atoms with Crippen LogP contribution < -0.4 is 16.0 Å². The summed E-state index contributed by atoms with van der Waals surface area (Å²) in [6.45, 7) is 10.8. The molecule has 0 bridgehead atoms. The minimum Gasteiger partial charge on any atom is -0.365 e. The maximum absolute atomic E-state index is 11.6. The van der Waals surface area contributed by atoms with Gasteiger partial charge >= 0.3 is 5.76 Å². The van der Waals surface area contributed by atoms with Crippen LogP contribution in [0, 0.1) is 23.7 Å². The number of nitrogens with one attached hydrogen (secondary N) is 2. The highest BCUT2D eigenvalue weighted by Gasteiger charge is 2.29. The Hall–Kier alpha value is -2.91. The van der Waals surface area contributed by atoms with Crippen molar-refractivity contribution >= 4 is 22.9 Å². The Morgan fingerprint density at radius 2 is 1.86 bits per heavy atom. The van der Waals surface area contributed by atoms with E-state index in [0.29, 0.717) is 29.2 Å². The summed E-state index contributed by atoms with van der Waals surface area (Å²) in [4.78, 5) is 31.1. The molecule has 3 aromatic heterocycles. The van der Waals surface area contributed by atoms with Crippen LogP contribution in [0.15, 0.2) is 9.32 Å². The molecule has 0 unspecified atom stereocenters. The van der Waals surface area contributed by atoms with E-state index in [1.807, 2.05) is 0 Å². The molecule has 196 valence electrons. The summed E-state index contributed by atoms with van der Waals surface area (Å²) in [5, 5.41) is 7.54. The molecular weight excluding hydrogens is 456 g/mol. The quantitative estimate of drug-likeness (QED) is 0.438. The van der Waals surface area contributed by atoms with Crippen LogP contribution >= 0.6 is 0 Å². The van der Waals surface area contributed by atoms with Crippen molar-refractivity contribution in [3.05, 3.63) is 10.6 Å². The molecule has 0 amide bonds. The molecule has 3 aromatic rings. The SMILES string of the molecule is CC(C)CN(C)c1nc2nc(-c3noc(=O)[nH]3)nc(N[C@H](C)C3CCC3)c2n1CC1CCC(C)CC1. The second-order valence-electron chi connectivity index (χ2n) is 11.6. The van der Waals surface area contributed by atoms with Crippen LogP contribution in [0.3, 0.4) is 0 Å². The highest BCUT2D eigenvalue weighted by Crippen LogP contribution is 2.36. The number of rotatable bonds is 9. The molecule has 36 heavy (non-hydrogen) atoms. The minimum atomic E-state index is -0.625. The molecule has 2 N–H and O–H groups in total. The first-order chi connectivity index (χ1) is 17.3. The van der Waals surface area contributed by atoms with Crippen LogP contribution in [0.2, 0.25) is 0 Å². The van der Waals surface area contributed by atoms with Gasteiger partial charge in [0.25, 0.3) is 0 Å². The molecule has 0 aliphatic heterocycles. The molecule has 10 heteroatoms. The molecular formula is C26H40N8O2. The number of H-pyrrole nitrogens is 1. The first kappa shape index (κ1) is 24.8. The van der Waals surface area contributed by atoms with Crippen molar-refractivity contribution in [3.63, 3.8) is 0 Å². The predicted octanol–water partition coefficient (Wildman–Crippen LogP) is 4.69. The molecule has 0 aromatic carbocycles. The van der Waals surface area contributed by atoms with Crippen molar-refractivity contribution < 1.29 is 4.52 Å². The Morgan fingerprint density at radius 3 is 2.47 bits per heavy atom. The fourth-order valence-electron chi connectivity index (χ4n) is 5.69. The average molecular weight is 497 g/mol. The second-order valence-corrected chi connectivity index (χ2v) is 11.6. The third kappa shape index (κ3) is 5.13. The van der Waals surface area contributed by atoms with Gasteiger partial charge in [-0.1, -0.05) is 45.2 Å². The number of hydrogen-bond acceptors (Lipinski definition) is 8. The Balaban J connectivity index is 1.62. The molecule has 3 heterocycles. The molecule has 10 nitrogen and oxygen atoms in total. The predicted molar refractivity (Wildman–Crippen MR) is 141 cm³/mol. The number of anilines is 2. The fraction of sp³-hybridized carbons (Fsp3) is 0.731. The van der Waals surface area contributed by atoms with E-state index in [0.717, 1.165) is 36.3 Å². The standard InChI is InChI=1S/C26H40N8O2/c1-15(2)13-33(5)25-30-22-20(34(25)14-18-11-9-16(3)10-12-18)21(27-17(4)19-7-6-8-19)28-23(29-22)24-31-26(35)36-32-24/h15-19H,6-14H2,1-5H3,(H,27,28,29)(H,31,32,35)/t16?,17-,18?/m1/s1. The van der Waals surface area contributed by atoms with E-state index < -0.39 is 5.76 Å². The van der Waals surface area contributed by atoms with Gasteiger partial charge < -0.3 is 14.8 Å². The topological polar surface area (TPSA) is 118 Å². The average Bonchev–Trinajstić information content (AvgIpc) is 3.37. The maximum Gasteiger partial charge on any atom is 0.439 e. The van der Waals surface area contributed by atoms with Crippen molar-refractivity contribution in [2.75, 3.05) is 23.8 Å². The van der Waals surface area contributed by atoms with E-state index in [1.54, 1.807) is 0 Å². The summed E-state index contributed by atoms with van der Waals surface area (Å²) in [5.41, 5.74) is 1.54. The molecule has 5 rings (SSSR count).